The van der Waals surface area contributed by atoms with Gasteiger partial charge in [0.25, 0.3) is 0 Å². The van der Waals surface area contributed by atoms with Crippen molar-refractivity contribution in [2.45, 2.75) is 10.8 Å². The number of benzene rings is 9. The Labute approximate surface area is 359 Å². The third kappa shape index (κ3) is 7.03. The molecule has 9 aromatic rings. The zero-order valence-corrected chi connectivity index (χ0v) is 33.5. The van der Waals surface area contributed by atoms with Gasteiger partial charge in [0, 0.05) is 0 Å². The molecule has 0 fully saturated rings. The van der Waals surface area contributed by atoms with Gasteiger partial charge < -0.3 is 30.6 Å². The number of hydrogen-bond donors (Lipinski definition) is 6. The number of aromatic hydroxyl groups is 6. The second kappa shape index (κ2) is 16.1. The van der Waals surface area contributed by atoms with E-state index in [2.05, 4.69) is 72.8 Å². The SMILES string of the molecule is Oc1ccc(C(c2ccc(O)cc2)(c2ccc(O)cc2)c2ccc(-c3ccc(-c4ccc(C(c5ccc(O)cc5)(c5ccc(O)cc5)c5ccc(O)cc5)cc4)cc3)cc2)cc1. The second-order valence-corrected chi connectivity index (χ2v) is 15.5. The summed E-state index contributed by atoms with van der Waals surface area (Å²) in [6, 6.07) is 68.2. The van der Waals surface area contributed by atoms with Gasteiger partial charge in [0.1, 0.15) is 34.5 Å². The van der Waals surface area contributed by atoms with Gasteiger partial charge in [-0.3, -0.25) is 0 Å². The van der Waals surface area contributed by atoms with Crippen LogP contribution in [-0.4, -0.2) is 30.6 Å². The average Bonchev–Trinajstić information content (AvgIpc) is 3.31. The fraction of sp³-hybridized carbons (Fsp3) is 0.0357. The normalized spacial score (nSPS) is 11.6. The van der Waals surface area contributed by atoms with E-state index in [1.165, 1.54) is 0 Å². The monoisotopic (exact) mass is 810 g/mol. The Morgan fingerprint density at radius 3 is 0.419 bits per heavy atom. The Balaban J connectivity index is 1.08. The zero-order valence-electron chi connectivity index (χ0n) is 33.5. The van der Waals surface area contributed by atoms with Gasteiger partial charge in [0.2, 0.25) is 0 Å². The largest absolute Gasteiger partial charge is 0.508 e. The molecule has 62 heavy (non-hydrogen) atoms. The molecule has 0 saturated carbocycles. The molecule has 0 unspecified atom stereocenters. The first-order chi connectivity index (χ1) is 30.1. The highest BCUT2D eigenvalue weighted by molar-refractivity contribution is 5.73. The van der Waals surface area contributed by atoms with Crippen LogP contribution in [0.2, 0.25) is 0 Å². The van der Waals surface area contributed by atoms with Crippen LogP contribution in [0.1, 0.15) is 44.5 Å². The van der Waals surface area contributed by atoms with Crippen LogP contribution in [0.3, 0.4) is 0 Å². The summed E-state index contributed by atoms with van der Waals surface area (Å²) in [4.78, 5) is 0. The molecule has 0 spiro atoms. The molecule has 6 nitrogen and oxygen atoms in total. The predicted molar refractivity (Wildman–Crippen MR) is 244 cm³/mol. The standard InChI is InChI=1S/C56H42O6/c57-49-25-13-43(14-26-49)55(44-15-27-50(58)28-16-44,45-17-29-51(59)30-18-45)41-9-5-39(6-10-41)37-1-2-38(4-3-37)40-7-11-42(12-8-40)56(46-19-31-52(60)32-20-46,47-21-33-53(61)34-22-47)48-23-35-54(62)36-24-48/h1-36,57-62H. The summed E-state index contributed by atoms with van der Waals surface area (Å²) >= 11 is 0. The third-order valence-corrected chi connectivity index (χ3v) is 12.0. The van der Waals surface area contributed by atoms with Crippen LogP contribution >= 0.6 is 0 Å². The maximum absolute atomic E-state index is 10.3. The maximum atomic E-state index is 10.3. The van der Waals surface area contributed by atoms with E-state index in [-0.39, 0.29) is 34.5 Å². The second-order valence-electron chi connectivity index (χ2n) is 15.5. The van der Waals surface area contributed by atoms with E-state index in [9.17, 15) is 30.6 Å². The molecule has 0 heterocycles. The van der Waals surface area contributed by atoms with Crippen molar-refractivity contribution in [3.8, 4) is 56.8 Å². The number of phenols is 6. The number of hydrogen-bond acceptors (Lipinski definition) is 6. The lowest BCUT2D eigenvalue weighted by molar-refractivity contribution is 0.473. The van der Waals surface area contributed by atoms with Crippen LogP contribution in [0.5, 0.6) is 34.5 Å². The summed E-state index contributed by atoms with van der Waals surface area (Å²) in [5.41, 5.74) is 9.75. The Morgan fingerprint density at radius 2 is 0.274 bits per heavy atom. The van der Waals surface area contributed by atoms with Gasteiger partial charge in [-0.1, -0.05) is 146 Å². The Kier molecular flexibility index (Phi) is 10.2. The Bertz CT molecular complexity index is 2490. The van der Waals surface area contributed by atoms with Gasteiger partial charge in [-0.15, -0.1) is 0 Å². The summed E-state index contributed by atoms with van der Waals surface area (Å²) < 4.78 is 0. The molecule has 0 atom stereocenters. The molecule has 0 aliphatic carbocycles. The van der Waals surface area contributed by atoms with Crippen LogP contribution in [0.15, 0.2) is 218 Å². The van der Waals surface area contributed by atoms with E-state index in [1.807, 2.05) is 72.8 Å². The lowest BCUT2D eigenvalue weighted by Gasteiger charge is -2.37. The van der Waals surface area contributed by atoms with E-state index in [0.717, 1.165) is 66.8 Å². The van der Waals surface area contributed by atoms with Gasteiger partial charge >= 0.3 is 0 Å². The van der Waals surface area contributed by atoms with E-state index in [1.54, 1.807) is 72.8 Å². The van der Waals surface area contributed by atoms with Crippen molar-refractivity contribution in [1.29, 1.82) is 0 Å². The summed E-state index contributed by atoms with van der Waals surface area (Å²) in [7, 11) is 0. The number of phenolic OH excluding ortho intramolecular Hbond substituents is 6. The fourth-order valence-corrected chi connectivity index (χ4v) is 8.95. The van der Waals surface area contributed by atoms with Gasteiger partial charge in [0.05, 0.1) is 10.8 Å². The van der Waals surface area contributed by atoms with E-state index in [4.69, 9.17) is 0 Å². The highest BCUT2D eigenvalue weighted by Crippen LogP contribution is 2.48. The van der Waals surface area contributed by atoms with Crippen LogP contribution in [0.25, 0.3) is 22.3 Å². The molecule has 0 amide bonds. The lowest BCUT2D eigenvalue weighted by Crippen LogP contribution is -2.30. The van der Waals surface area contributed by atoms with Crippen molar-refractivity contribution < 1.29 is 30.6 Å². The molecule has 9 aromatic carbocycles. The first-order valence-corrected chi connectivity index (χ1v) is 20.2. The third-order valence-electron chi connectivity index (χ3n) is 12.0. The van der Waals surface area contributed by atoms with Crippen LogP contribution < -0.4 is 0 Å². The minimum atomic E-state index is -0.853. The van der Waals surface area contributed by atoms with Crippen molar-refractivity contribution >= 4 is 0 Å². The molecule has 6 N–H and O–H groups in total. The van der Waals surface area contributed by atoms with Gasteiger partial charge in [0.15, 0.2) is 0 Å². The van der Waals surface area contributed by atoms with Crippen molar-refractivity contribution in [2.24, 2.45) is 0 Å². The van der Waals surface area contributed by atoms with Crippen LogP contribution in [0, 0.1) is 0 Å². The maximum Gasteiger partial charge on any atom is 0.115 e. The Hall–Kier alpha value is -8.22. The van der Waals surface area contributed by atoms with Gasteiger partial charge in [-0.25, -0.2) is 0 Å². The molecule has 0 radical (unpaired) electrons. The van der Waals surface area contributed by atoms with Gasteiger partial charge in [-0.05, 0) is 140 Å². The van der Waals surface area contributed by atoms with E-state index < -0.39 is 10.8 Å². The fourth-order valence-electron chi connectivity index (χ4n) is 8.95. The lowest BCUT2D eigenvalue weighted by atomic mass is 9.65. The van der Waals surface area contributed by atoms with Crippen molar-refractivity contribution in [2.75, 3.05) is 0 Å². The predicted octanol–water partition coefficient (Wildman–Crippen LogP) is 12.0. The minimum Gasteiger partial charge on any atom is -0.508 e. The molecule has 0 bridgehead atoms. The molecule has 0 aliphatic heterocycles. The minimum absolute atomic E-state index is 0.152. The average molecular weight is 811 g/mol. The summed E-state index contributed by atoms with van der Waals surface area (Å²) in [6.07, 6.45) is 0. The molecule has 302 valence electrons. The molecule has 0 aliphatic rings. The zero-order chi connectivity index (χ0) is 42.8. The van der Waals surface area contributed by atoms with Crippen LogP contribution in [-0.2, 0) is 10.8 Å². The topological polar surface area (TPSA) is 121 Å². The Morgan fingerprint density at radius 1 is 0.161 bits per heavy atom. The van der Waals surface area contributed by atoms with Crippen LogP contribution in [0.4, 0.5) is 0 Å². The number of rotatable bonds is 10. The van der Waals surface area contributed by atoms with Crippen molar-refractivity contribution in [1.82, 2.24) is 0 Å². The van der Waals surface area contributed by atoms with E-state index in [0.29, 0.717) is 0 Å². The molecular formula is C56H42O6. The van der Waals surface area contributed by atoms with E-state index >= 15 is 0 Å². The molecule has 0 saturated heterocycles. The highest BCUT2D eigenvalue weighted by Gasteiger charge is 2.40. The molecular weight excluding hydrogens is 769 g/mol. The summed E-state index contributed by atoms with van der Waals surface area (Å²) in [5.74, 6) is 0.912. The van der Waals surface area contributed by atoms with Gasteiger partial charge in [-0.2, -0.15) is 0 Å². The molecule has 0 aromatic heterocycles. The first-order valence-electron chi connectivity index (χ1n) is 20.2. The summed E-state index contributed by atoms with van der Waals surface area (Å²) in [6.45, 7) is 0. The van der Waals surface area contributed by atoms with Crippen molar-refractivity contribution in [3.63, 3.8) is 0 Å². The summed E-state index contributed by atoms with van der Waals surface area (Å²) in [5, 5.41) is 61.6. The molecule has 9 rings (SSSR count). The quantitative estimate of drug-likeness (QED) is 0.0765. The smallest absolute Gasteiger partial charge is 0.115 e. The molecule has 6 heteroatoms. The highest BCUT2D eigenvalue weighted by atomic mass is 16.3. The van der Waals surface area contributed by atoms with Crippen molar-refractivity contribution in [3.05, 3.63) is 263 Å². The first kappa shape index (κ1) is 39.3.